The zero-order chi connectivity index (χ0) is 22.6. The summed E-state index contributed by atoms with van der Waals surface area (Å²) in [6.07, 6.45) is 0.893. The number of fused-ring (bicyclic) bond motifs is 1. The fraction of sp³-hybridized carbons (Fsp3) is 0.304. The molecule has 1 N–H and O–H groups in total. The molecule has 0 bridgehead atoms. The Bertz CT molecular complexity index is 1260. The van der Waals surface area contributed by atoms with Crippen molar-refractivity contribution in [2.45, 2.75) is 44.9 Å². The second kappa shape index (κ2) is 9.45. The lowest BCUT2D eigenvalue weighted by Crippen LogP contribution is -2.25. The van der Waals surface area contributed by atoms with Crippen molar-refractivity contribution < 1.29 is 22.4 Å². The van der Waals surface area contributed by atoms with E-state index < -0.39 is 21.6 Å². The molecule has 0 radical (unpaired) electrons. The molecule has 0 aliphatic heterocycles. The number of rotatable bonds is 8. The zero-order valence-corrected chi connectivity index (χ0v) is 18.5. The highest BCUT2D eigenvalue weighted by molar-refractivity contribution is 7.89. The van der Waals surface area contributed by atoms with Crippen molar-refractivity contribution in [3.05, 3.63) is 69.6 Å². The lowest BCUT2D eigenvalue weighted by molar-refractivity contribution is -0.134. The number of esters is 1. The van der Waals surface area contributed by atoms with Gasteiger partial charge in [0.05, 0.1) is 10.3 Å². The molecule has 0 aliphatic carbocycles. The van der Waals surface area contributed by atoms with E-state index in [1.807, 2.05) is 20.8 Å². The largest absolute Gasteiger partial charge is 0.426 e. The molecule has 0 aliphatic rings. The molecule has 164 valence electrons. The summed E-state index contributed by atoms with van der Waals surface area (Å²) < 4.78 is 37.9. The second-order valence-electron chi connectivity index (χ2n) is 7.37. The van der Waals surface area contributed by atoms with Crippen molar-refractivity contribution in [1.29, 1.82) is 0 Å². The molecule has 0 saturated heterocycles. The third kappa shape index (κ3) is 5.59. The SMILES string of the molecule is CCc1cc(=O)oc2cc(C)cc(OC(=O)CCCNS(=O)(=O)c3ccc(C)cc3)c12. The molecule has 0 fully saturated rings. The maximum Gasteiger partial charge on any atom is 0.336 e. The summed E-state index contributed by atoms with van der Waals surface area (Å²) in [5.41, 5.74) is 2.42. The van der Waals surface area contributed by atoms with Crippen LogP contribution in [0.25, 0.3) is 11.0 Å². The number of sulfonamides is 1. The summed E-state index contributed by atoms with van der Waals surface area (Å²) in [7, 11) is -3.63. The summed E-state index contributed by atoms with van der Waals surface area (Å²) in [5.74, 6) is -0.157. The first-order valence-corrected chi connectivity index (χ1v) is 11.5. The van der Waals surface area contributed by atoms with Crippen LogP contribution in [0.5, 0.6) is 5.75 Å². The van der Waals surface area contributed by atoms with E-state index in [9.17, 15) is 18.0 Å². The van der Waals surface area contributed by atoms with E-state index in [1.54, 1.807) is 36.4 Å². The zero-order valence-electron chi connectivity index (χ0n) is 17.7. The quantitative estimate of drug-likeness (QED) is 0.247. The van der Waals surface area contributed by atoms with Crippen molar-refractivity contribution in [3.63, 3.8) is 0 Å². The number of hydrogen-bond donors (Lipinski definition) is 1. The first kappa shape index (κ1) is 22.7. The average molecular weight is 444 g/mol. The van der Waals surface area contributed by atoms with Gasteiger partial charge in [0.1, 0.15) is 11.3 Å². The molecule has 0 atom stereocenters. The Balaban J connectivity index is 1.64. The topological polar surface area (TPSA) is 103 Å². The Morgan fingerprint density at radius 1 is 1.06 bits per heavy atom. The summed E-state index contributed by atoms with van der Waals surface area (Å²) in [6, 6.07) is 11.4. The molecule has 7 nitrogen and oxygen atoms in total. The van der Waals surface area contributed by atoms with Crippen LogP contribution in [-0.4, -0.2) is 20.9 Å². The molecule has 2 aromatic carbocycles. The minimum atomic E-state index is -3.63. The summed E-state index contributed by atoms with van der Waals surface area (Å²) >= 11 is 0. The van der Waals surface area contributed by atoms with Gasteiger partial charge in [0.25, 0.3) is 0 Å². The number of benzene rings is 2. The van der Waals surface area contributed by atoms with Crippen LogP contribution in [0.1, 0.15) is 36.5 Å². The van der Waals surface area contributed by atoms with E-state index in [-0.39, 0.29) is 24.3 Å². The highest BCUT2D eigenvalue weighted by atomic mass is 32.2. The molecule has 1 aromatic heterocycles. The standard InChI is InChI=1S/C23H25NO6S/c1-4-17-14-22(26)30-20-13-16(3)12-19(23(17)20)29-21(25)6-5-11-24-31(27,28)18-9-7-15(2)8-10-18/h7-10,12-14,24H,4-6,11H2,1-3H3. The highest BCUT2D eigenvalue weighted by Crippen LogP contribution is 2.30. The normalized spacial score (nSPS) is 11.6. The van der Waals surface area contributed by atoms with Crippen LogP contribution in [0.2, 0.25) is 0 Å². The molecule has 3 rings (SSSR count). The molecule has 0 spiro atoms. The van der Waals surface area contributed by atoms with Gasteiger partial charge in [0.15, 0.2) is 0 Å². The molecule has 0 saturated carbocycles. The first-order chi connectivity index (χ1) is 14.7. The van der Waals surface area contributed by atoms with Crippen molar-refractivity contribution in [2.24, 2.45) is 0 Å². The van der Waals surface area contributed by atoms with Crippen LogP contribution in [0.15, 0.2) is 56.6 Å². The highest BCUT2D eigenvalue weighted by Gasteiger charge is 2.16. The van der Waals surface area contributed by atoms with E-state index in [0.29, 0.717) is 23.1 Å². The molecule has 0 unspecified atom stereocenters. The number of aryl methyl sites for hydroxylation is 3. The van der Waals surface area contributed by atoms with Crippen molar-refractivity contribution in [3.8, 4) is 5.75 Å². The third-order valence-corrected chi connectivity index (χ3v) is 6.30. The Kier molecular flexibility index (Phi) is 6.92. The molecule has 3 aromatic rings. The van der Waals surface area contributed by atoms with E-state index in [0.717, 1.165) is 16.7 Å². The fourth-order valence-corrected chi connectivity index (χ4v) is 4.32. The van der Waals surface area contributed by atoms with Gasteiger partial charge in [0.2, 0.25) is 10.0 Å². The predicted octanol–water partition coefficient (Wildman–Crippen LogP) is 3.64. The molecular weight excluding hydrogens is 418 g/mol. The molecule has 1 heterocycles. The van der Waals surface area contributed by atoms with Gasteiger partial charge >= 0.3 is 11.6 Å². The maximum absolute atomic E-state index is 12.4. The smallest absolute Gasteiger partial charge is 0.336 e. The van der Waals surface area contributed by atoms with Gasteiger partial charge in [0, 0.05) is 19.0 Å². The molecule has 8 heteroatoms. The molecular formula is C23H25NO6S. The minimum absolute atomic E-state index is 0.0318. The summed E-state index contributed by atoms with van der Waals surface area (Å²) in [5, 5.41) is 0.598. The number of carbonyl (C=O) groups is 1. The van der Waals surface area contributed by atoms with Crippen LogP contribution in [0, 0.1) is 13.8 Å². The van der Waals surface area contributed by atoms with Gasteiger partial charge in [-0.2, -0.15) is 0 Å². The maximum atomic E-state index is 12.4. The van der Waals surface area contributed by atoms with Crippen LogP contribution in [0.3, 0.4) is 0 Å². The Morgan fingerprint density at radius 3 is 2.45 bits per heavy atom. The summed E-state index contributed by atoms with van der Waals surface area (Å²) in [4.78, 5) is 24.3. The Labute approximate surface area is 181 Å². The van der Waals surface area contributed by atoms with Gasteiger partial charge in [-0.05, 0) is 62.1 Å². The third-order valence-electron chi connectivity index (χ3n) is 4.82. The number of carbonyl (C=O) groups excluding carboxylic acids is 1. The van der Waals surface area contributed by atoms with E-state index in [1.165, 1.54) is 6.07 Å². The molecule has 0 amide bonds. The van der Waals surface area contributed by atoms with Crippen molar-refractivity contribution >= 4 is 27.0 Å². The number of ether oxygens (including phenoxy) is 1. The Morgan fingerprint density at radius 2 is 1.77 bits per heavy atom. The lowest BCUT2D eigenvalue weighted by atomic mass is 10.0. The monoisotopic (exact) mass is 443 g/mol. The lowest BCUT2D eigenvalue weighted by Gasteiger charge is -2.11. The van der Waals surface area contributed by atoms with E-state index >= 15 is 0 Å². The number of hydrogen-bond acceptors (Lipinski definition) is 6. The average Bonchev–Trinajstić information content (AvgIpc) is 2.70. The van der Waals surface area contributed by atoms with E-state index in [2.05, 4.69) is 4.72 Å². The van der Waals surface area contributed by atoms with Gasteiger partial charge in [-0.25, -0.2) is 17.9 Å². The van der Waals surface area contributed by atoms with Crippen LogP contribution in [-0.2, 0) is 21.2 Å². The van der Waals surface area contributed by atoms with Crippen molar-refractivity contribution in [2.75, 3.05) is 6.54 Å². The van der Waals surface area contributed by atoms with Crippen LogP contribution in [0.4, 0.5) is 0 Å². The first-order valence-electron chi connectivity index (χ1n) is 10.0. The van der Waals surface area contributed by atoms with Crippen molar-refractivity contribution in [1.82, 2.24) is 4.72 Å². The predicted molar refractivity (Wildman–Crippen MR) is 118 cm³/mol. The van der Waals surface area contributed by atoms with Gasteiger partial charge < -0.3 is 9.15 Å². The number of nitrogens with one attached hydrogen (secondary N) is 1. The minimum Gasteiger partial charge on any atom is -0.426 e. The van der Waals surface area contributed by atoms with Gasteiger partial charge in [-0.3, -0.25) is 4.79 Å². The Hall–Kier alpha value is -2.97. The van der Waals surface area contributed by atoms with E-state index in [4.69, 9.17) is 9.15 Å². The fourth-order valence-electron chi connectivity index (χ4n) is 3.24. The second-order valence-corrected chi connectivity index (χ2v) is 9.14. The summed E-state index contributed by atoms with van der Waals surface area (Å²) in [6.45, 7) is 5.70. The molecule has 31 heavy (non-hydrogen) atoms. The van der Waals surface area contributed by atoms with Crippen LogP contribution < -0.4 is 15.1 Å². The van der Waals surface area contributed by atoms with Crippen LogP contribution >= 0.6 is 0 Å². The van der Waals surface area contributed by atoms with Gasteiger partial charge in [-0.15, -0.1) is 0 Å². The van der Waals surface area contributed by atoms with Gasteiger partial charge in [-0.1, -0.05) is 24.6 Å².